The number of anilines is 4. The van der Waals surface area contributed by atoms with Gasteiger partial charge in [0.1, 0.15) is 11.6 Å². The first-order valence-corrected chi connectivity index (χ1v) is 7.49. The number of nitrogens with two attached hydrogens (primary N) is 1. The number of hydrogen-bond acceptors (Lipinski definition) is 7. The van der Waals surface area contributed by atoms with E-state index in [1.807, 2.05) is 0 Å². The third-order valence-electron chi connectivity index (χ3n) is 3.28. The van der Waals surface area contributed by atoms with Crippen molar-refractivity contribution in [2.45, 2.75) is 12.7 Å². The molecule has 0 radical (unpaired) electrons. The molecule has 26 heavy (non-hydrogen) atoms. The Kier molecular flexibility index (Phi) is 4.83. The quantitative estimate of drug-likeness (QED) is 0.641. The van der Waals surface area contributed by atoms with Gasteiger partial charge in [0.15, 0.2) is 0 Å². The van der Waals surface area contributed by atoms with Gasteiger partial charge < -0.3 is 16.4 Å². The minimum atomic E-state index is -4.39. The summed E-state index contributed by atoms with van der Waals surface area (Å²) in [6.45, 7) is 0.141. The summed E-state index contributed by atoms with van der Waals surface area (Å²) in [7, 11) is 0. The average molecular weight is 361 g/mol. The van der Waals surface area contributed by atoms with Crippen LogP contribution in [0.4, 0.5) is 36.7 Å². The Labute approximate surface area is 146 Å². The Morgan fingerprint density at radius 2 is 1.69 bits per heavy atom. The standard InChI is InChI=1S/C16H14F3N7/c17-16(18,19)11-4-1-3-10(7-11)9-23-12-8-13(25-14(20)24-12)26-15-21-5-2-6-22-15/h1-8H,9H2,(H4,20,21,22,23,24,25,26). The lowest BCUT2D eigenvalue weighted by Crippen LogP contribution is -2.09. The highest BCUT2D eigenvalue weighted by molar-refractivity contribution is 5.56. The van der Waals surface area contributed by atoms with E-state index in [1.165, 1.54) is 6.07 Å². The lowest BCUT2D eigenvalue weighted by atomic mass is 10.1. The largest absolute Gasteiger partial charge is 0.416 e. The van der Waals surface area contributed by atoms with Gasteiger partial charge in [-0.3, -0.25) is 0 Å². The van der Waals surface area contributed by atoms with Crippen molar-refractivity contribution in [2.75, 3.05) is 16.4 Å². The Balaban J connectivity index is 1.72. The predicted octanol–water partition coefficient (Wildman–Crippen LogP) is 3.22. The summed E-state index contributed by atoms with van der Waals surface area (Å²) in [4.78, 5) is 16.1. The van der Waals surface area contributed by atoms with Gasteiger partial charge in [-0.1, -0.05) is 12.1 Å². The van der Waals surface area contributed by atoms with E-state index in [9.17, 15) is 13.2 Å². The van der Waals surface area contributed by atoms with Crippen molar-refractivity contribution in [1.29, 1.82) is 0 Å². The van der Waals surface area contributed by atoms with Crippen molar-refractivity contribution in [1.82, 2.24) is 19.9 Å². The van der Waals surface area contributed by atoms with Crippen LogP contribution in [0.15, 0.2) is 48.8 Å². The van der Waals surface area contributed by atoms with E-state index in [1.54, 1.807) is 30.6 Å². The lowest BCUT2D eigenvalue weighted by molar-refractivity contribution is -0.137. The van der Waals surface area contributed by atoms with E-state index >= 15 is 0 Å². The van der Waals surface area contributed by atoms with Crippen LogP contribution >= 0.6 is 0 Å². The summed E-state index contributed by atoms with van der Waals surface area (Å²) < 4.78 is 38.3. The summed E-state index contributed by atoms with van der Waals surface area (Å²) in [5, 5.41) is 5.80. The zero-order valence-electron chi connectivity index (χ0n) is 13.3. The monoisotopic (exact) mass is 361 g/mol. The molecule has 0 spiro atoms. The van der Waals surface area contributed by atoms with Crippen LogP contribution in [0.5, 0.6) is 0 Å². The van der Waals surface area contributed by atoms with E-state index < -0.39 is 11.7 Å². The topological polar surface area (TPSA) is 102 Å². The molecule has 1 aromatic carbocycles. The minimum Gasteiger partial charge on any atom is -0.368 e. The van der Waals surface area contributed by atoms with Crippen molar-refractivity contribution in [3.63, 3.8) is 0 Å². The molecule has 3 aromatic rings. The van der Waals surface area contributed by atoms with Gasteiger partial charge in [0.25, 0.3) is 0 Å². The van der Waals surface area contributed by atoms with E-state index in [0.717, 1.165) is 12.1 Å². The molecule has 0 atom stereocenters. The van der Waals surface area contributed by atoms with Crippen molar-refractivity contribution < 1.29 is 13.2 Å². The number of benzene rings is 1. The summed E-state index contributed by atoms with van der Waals surface area (Å²) in [6, 6.07) is 8.27. The third-order valence-corrected chi connectivity index (χ3v) is 3.28. The lowest BCUT2D eigenvalue weighted by Gasteiger charge is -2.11. The van der Waals surface area contributed by atoms with Crippen LogP contribution in [0, 0.1) is 0 Å². The summed E-state index contributed by atoms with van der Waals surface area (Å²) in [5.41, 5.74) is 5.42. The van der Waals surface area contributed by atoms with E-state index in [2.05, 4.69) is 30.6 Å². The molecule has 0 saturated carbocycles. The first kappa shape index (κ1) is 17.4. The number of alkyl halides is 3. The van der Waals surface area contributed by atoms with Gasteiger partial charge in [-0.25, -0.2) is 9.97 Å². The summed E-state index contributed by atoms with van der Waals surface area (Å²) in [6.07, 6.45) is -1.26. The maximum absolute atomic E-state index is 12.8. The SMILES string of the molecule is Nc1nc(NCc2cccc(C(F)(F)F)c2)cc(Nc2ncccn2)n1. The second kappa shape index (κ2) is 7.21. The van der Waals surface area contributed by atoms with Crippen LogP contribution in [-0.4, -0.2) is 19.9 Å². The molecule has 7 nitrogen and oxygen atoms in total. The summed E-state index contributed by atoms with van der Waals surface area (Å²) >= 11 is 0. The minimum absolute atomic E-state index is 0.00234. The molecule has 0 unspecified atom stereocenters. The molecular weight excluding hydrogens is 347 g/mol. The molecule has 4 N–H and O–H groups in total. The molecule has 0 fully saturated rings. The molecule has 0 bridgehead atoms. The molecule has 2 heterocycles. The second-order valence-electron chi connectivity index (χ2n) is 5.25. The van der Waals surface area contributed by atoms with Gasteiger partial charge in [0.05, 0.1) is 5.56 Å². The Morgan fingerprint density at radius 3 is 2.42 bits per heavy atom. The fourth-order valence-electron chi connectivity index (χ4n) is 2.15. The first-order valence-electron chi connectivity index (χ1n) is 7.49. The summed E-state index contributed by atoms with van der Waals surface area (Å²) in [5.74, 6) is 1.04. The Hall–Kier alpha value is -3.43. The van der Waals surface area contributed by atoms with E-state index in [4.69, 9.17) is 5.73 Å². The molecule has 0 aliphatic heterocycles. The van der Waals surface area contributed by atoms with Crippen molar-refractivity contribution in [3.8, 4) is 0 Å². The van der Waals surface area contributed by atoms with Crippen LogP contribution < -0.4 is 16.4 Å². The van der Waals surface area contributed by atoms with Gasteiger partial charge in [-0.05, 0) is 23.8 Å². The Morgan fingerprint density at radius 1 is 0.962 bits per heavy atom. The Bertz CT molecular complexity index is 885. The third kappa shape index (κ3) is 4.56. The van der Waals surface area contributed by atoms with Gasteiger partial charge >= 0.3 is 6.18 Å². The molecule has 0 saturated heterocycles. The highest BCUT2D eigenvalue weighted by Gasteiger charge is 2.30. The van der Waals surface area contributed by atoms with Gasteiger partial charge in [-0.15, -0.1) is 0 Å². The van der Waals surface area contributed by atoms with Crippen LogP contribution in [0.2, 0.25) is 0 Å². The van der Waals surface area contributed by atoms with Crippen molar-refractivity contribution in [3.05, 3.63) is 59.9 Å². The molecule has 3 rings (SSSR count). The molecule has 0 aliphatic rings. The number of nitrogens with zero attached hydrogens (tertiary/aromatic N) is 4. The highest BCUT2D eigenvalue weighted by atomic mass is 19.4. The molecule has 0 aliphatic carbocycles. The normalized spacial score (nSPS) is 11.2. The van der Waals surface area contributed by atoms with Gasteiger partial charge in [-0.2, -0.15) is 23.1 Å². The number of rotatable bonds is 5. The van der Waals surface area contributed by atoms with E-state index in [-0.39, 0.29) is 12.5 Å². The first-order chi connectivity index (χ1) is 12.4. The van der Waals surface area contributed by atoms with E-state index in [0.29, 0.717) is 23.1 Å². The van der Waals surface area contributed by atoms with Gasteiger partial charge in [0, 0.05) is 25.0 Å². The van der Waals surface area contributed by atoms with Crippen molar-refractivity contribution in [2.24, 2.45) is 0 Å². The fraction of sp³-hybridized carbons (Fsp3) is 0.125. The van der Waals surface area contributed by atoms with Crippen LogP contribution in [0.1, 0.15) is 11.1 Å². The molecule has 134 valence electrons. The van der Waals surface area contributed by atoms with Crippen LogP contribution in [0.25, 0.3) is 0 Å². The number of nitrogen functional groups attached to an aromatic ring is 1. The van der Waals surface area contributed by atoms with Crippen LogP contribution in [-0.2, 0) is 12.7 Å². The smallest absolute Gasteiger partial charge is 0.368 e. The number of nitrogens with one attached hydrogen (secondary N) is 2. The number of hydrogen-bond donors (Lipinski definition) is 3. The maximum Gasteiger partial charge on any atom is 0.416 e. The predicted molar refractivity (Wildman–Crippen MR) is 90.5 cm³/mol. The highest BCUT2D eigenvalue weighted by Crippen LogP contribution is 2.29. The zero-order chi connectivity index (χ0) is 18.6. The molecular formula is C16H14F3N7. The fourth-order valence-corrected chi connectivity index (χ4v) is 2.15. The second-order valence-corrected chi connectivity index (χ2v) is 5.25. The number of aromatic nitrogens is 4. The molecule has 0 amide bonds. The number of halogens is 3. The maximum atomic E-state index is 12.8. The van der Waals surface area contributed by atoms with Gasteiger partial charge in [0.2, 0.25) is 11.9 Å². The average Bonchev–Trinajstić information content (AvgIpc) is 2.60. The zero-order valence-corrected chi connectivity index (χ0v) is 13.3. The molecule has 10 heteroatoms. The van der Waals surface area contributed by atoms with Crippen molar-refractivity contribution >= 4 is 23.5 Å². The van der Waals surface area contributed by atoms with Crippen LogP contribution in [0.3, 0.4) is 0 Å². The molecule has 2 aromatic heterocycles.